The minimum Gasteiger partial charge on any atom is -0.396 e. The molecular formula is C8H16NOS+. The maximum Gasteiger partial charge on any atom is 0.198 e. The van der Waals surface area contributed by atoms with Crippen molar-refractivity contribution in [3.8, 4) is 0 Å². The molecule has 2 atom stereocenters. The normalized spacial score (nSPS) is 30.6. The van der Waals surface area contributed by atoms with Crippen LogP contribution in [0, 0.1) is 0 Å². The van der Waals surface area contributed by atoms with Crippen LogP contribution in [0.15, 0.2) is 0 Å². The van der Waals surface area contributed by atoms with Gasteiger partial charge in [0.05, 0.1) is 5.25 Å². The Bertz CT molecular complexity index is 158. The summed E-state index contributed by atoms with van der Waals surface area (Å²) < 4.78 is 2.32. The van der Waals surface area contributed by atoms with E-state index >= 15 is 0 Å². The highest BCUT2D eigenvalue weighted by Gasteiger charge is 2.31. The number of aliphatic hydroxyl groups is 1. The summed E-state index contributed by atoms with van der Waals surface area (Å²) >= 11 is 1.85. The first kappa shape index (κ1) is 9.07. The predicted octanol–water partition coefficient (Wildman–Crippen LogP) is 0.933. The Hall–Kier alpha value is -0.0200. The summed E-state index contributed by atoms with van der Waals surface area (Å²) in [6.07, 6.45) is 0.916. The van der Waals surface area contributed by atoms with Crippen molar-refractivity contribution in [2.24, 2.45) is 0 Å². The lowest BCUT2D eigenvalue weighted by molar-refractivity contribution is -0.549. The number of thioether (sulfide) groups is 1. The van der Waals surface area contributed by atoms with Gasteiger partial charge in [-0.25, -0.2) is 4.58 Å². The zero-order valence-corrected chi connectivity index (χ0v) is 7.97. The van der Waals surface area contributed by atoms with E-state index in [-0.39, 0.29) is 0 Å². The van der Waals surface area contributed by atoms with Gasteiger partial charge in [-0.2, -0.15) is 0 Å². The molecule has 0 radical (unpaired) electrons. The molecule has 1 aliphatic heterocycles. The Labute approximate surface area is 72.3 Å². The fourth-order valence-corrected chi connectivity index (χ4v) is 2.66. The molecule has 0 aromatic rings. The smallest absolute Gasteiger partial charge is 0.198 e. The maximum atomic E-state index is 8.76. The van der Waals surface area contributed by atoms with Gasteiger partial charge in [0.25, 0.3) is 0 Å². The molecular weight excluding hydrogens is 158 g/mol. The third kappa shape index (κ3) is 1.97. The minimum absolute atomic E-state index is 0.313. The van der Waals surface area contributed by atoms with E-state index in [4.69, 9.17) is 5.11 Å². The summed E-state index contributed by atoms with van der Waals surface area (Å²) in [4.78, 5) is 0. The molecule has 0 saturated carbocycles. The first-order valence-corrected chi connectivity index (χ1v) is 5.09. The van der Waals surface area contributed by atoms with Crippen molar-refractivity contribution in [2.75, 3.05) is 13.2 Å². The number of aliphatic hydroxyl groups excluding tert-OH is 1. The van der Waals surface area contributed by atoms with Gasteiger partial charge in [-0.05, 0) is 20.3 Å². The van der Waals surface area contributed by atoms with Crippen LogP contribution in [0.4, 0.5) is 0 Å². The van der Waals surface area contributed by atoms with E-state index in [1.54, 1.807) is 0 Å². The number of rotatable bonds is 3. The van der Waals surface area contributed by atoms with E-state index < -0.39 is 0 Å². The van der Waals surface area contributed by atoms with Gasteiger partial charge in [0, 0.05) is 6.61 Å². The molecule has 0 bridgehead atoms. The summed E-state index contributed by atoms with van der Waals surface area (Å²) in [5, 5.41) is 9.35. The van der Waals surface area contributed by atoms with Crippen LogP contribution < -0.4 is 0 Å². The lowest BCUT2D eigenvalue weighted by Crippen LogP contribution is -2.27. The van der Waals surface area contributed by atoms with Gasteiger partial charge in [-0.15, -0.1) is 0 Å². The number of hydrogen-bond acceptors (Lipinski definition) is 2. The second kappa shape index (κ2) is 4.12. The fraction of sp³-hybridized carbons (Fsp3) is 0.875. The number of hydrogen-bond donors (Lipinski definition) is 1. The Kier molecular flexibility index (Phi) is 3.40. The molecule has 3 heteroatoms. The SMILES string of the molecule is CC[N+]1=CSC(CCO)C1C. The van der Waals surface area contributed by atoms with Gasteiger partial charge in [0.2, 0.25) is 0 Å². The molecule has 2 unspecified atom stereocenters. The van der Waals surface area contributed by atoms with Crippen molar-refractivity contribution >= 4 is 17.3 Å². The summed E-state index contributed by atoms with van der Waals surface area (Å²) in [5.74, 6) is 0. The van der Waals surface area contributed by atoms with Crippen molar-refractivity contribution in [3.05, 3.63) is 0 Å². The molecule has 0 fully saturated rings. The topological polar surface area (TPSA) is 23.2 Å². The van der Waals surface area contributed by atoms with Crippen LogP contribution in [0.3, 0.4) is 0 Å². The van der Waals surface area contributed by atoms with Crippen molar-refractivity contribution in [1.29, 1.82) is 0 Å². The van der Waals surface area contributed by atoms with Crippen LogP contribution >= 0.6 is 11.8 Å². The average Bonchev–Trinajstić information content (AvgIpc) is 2.34. The lowest BCUT2D eigenvalue weighted by atomic mass is 10.2. The molecule has 0 aromatic heterocycles. The standard InChI is InChI=1S/C8H16NOS/c1-3-9-6-11-8(4-5-10)7(9)2/h6-8,10H,3-5H2,1-2H3/q+1. The van der Waals surface area contributed by atoms with Crippen LogP contribution in [-0.2, 0) is 0 Å². The monoisotopic (exact) mass is 174 g/mol. The largest absolute Gasteiger partial charge is 0.396 e. The molecule has 0 aromatic carbocycles. The molecule has 11 heavy (non-hydrogen) atoms. The van der Waals surface area contributed by atoms with E-state index in [1.165, 1.54) is 0 Å². The number of nitrogens with zero attached hydrogens (tertiary/aromatic N) is 1. The third-order valence-corrected chi connectivity index (χ3v) is 3.58. The van der Waals surface area contributed by atoms with E-state index in [0.29, 0.717) is 17.9 Å². The Morgan fingerprint density at radius 2 is 2.36 bits per heavy atom. The Morgan fingerprint density at radius 3 is 2.82 bits per heavy atom. The molecule has 0 spiro atoms. The Balaban J connectivity index is 2.43. The first-order valence-electron chi connectivity index (χ1n) is 4.15. The van der Waals surface area contributed by atoms with E-state index in [2.05, 4.69) is 24.0 Å². The average molecular weight is 174 g/mol. The van der Waals surface area contributed by atoms with Crippen LogP contribution in [0.5, 0.6) is 0 Å². The van der Waals surface area contributed by atoms with Crippen LogP contribution in [0.2, 0.25) is 0 Å². The first-order chi connectivity index (χ1) is 5.29. The van der Waals surface area contributed by atoms with Crippen molar-refractivity contribution in [1.82, 2.24) is 0 Å². The summed E-state index contributed by atoms with van der Waals surface area (Å²) in [7, 11) is 0. The summed E-state index contributed by atoms with van der Waals surface area (Å²) in [6.45, 7) is 5.78. The van der Waals surface area contributed by atoms with Crippen LogP contribution in [-0.4, -0.2) is 39.7 Å². The summed E-state index contributed by atoms with van der Waals surface area (Å²) in [5.41, 5.74) is 2.19. The van der Waals surface area contributed by atoms with E-state index in [1.807, 2.05) is 11.8 Å². The summed E-state index contributed by atoms with van der Waals surface area (Å²) in [6, 6.07) is 0.595. The van der Waals surface area contributed by atoms with Crippen molar-refractivity contribution in [3.63, 3.8) is 0 Å². The highest BCUT2D eigenvalue weighted by Crippen LogP contribution is 2.23. The molecule has 1 rings (SSSR count). The van der Waals surface area contributed by atoms with Crippen LogP contribution in [0.25, 0.3) is 0 Å². The second-order valence-electron chi connectivity index (χ2n) is 2.86. The van der Waals surface area contributed by atoms with Gasteiger partial charge < -0.3 is 5.11 Å². The quantitative estimate of drug-likeness (QED) is 0.643. The Morgan fingerprint density at radius 1 is 1.64 bits per heavy atom. The molecule has 1 N–H and O–H groups in total. The van der Waals surface area contributed by atoms with E-state index in [0.717, 1.165) is 13.0 Å². The molecule has 0 amide bonds. The van der Waals surface area contributed by atoms with Gasteiger partial charge >= 0.3 is 0 Å². The van der Waals surface area contributed by atoms with Crippen molar-refractivity contribution < 1.29 is 9.68 Å². The molecule has 1 aliphatic rings. The molecule has 0 aliphatic carbocycles. The van der Waals surface area contributed by atoms with E-state index in [9.17, 15) is 0 Å². The lowest BCUT2D eigenvalue weighted by Gasteiger charge is -2.10. The van der Waals surface area contributed by atoms with Crippen molar-refractivity contribution in [2.45, 2.75) is 31.6 Å². The molecule has 1 heterocycles. The second-order valence-corrected chi connectivity index (χ2v) is 3.95. The molecule has 0 saturated heterocycles. The van der Waals surface area contributed by atoms with Gasteiger partial charge in [0.15, 0.2) is 11.6 Å². The zero-order valence-electron chi connectivity index (χ0n) is 7.16. The highest BCUT2D eigenvalue weighted by molar-refractivity contribution is 8.12. The molecule has 64 valence electrons. The highest BCUT2D eigenvalue weighted by atomic mass is 32.2. The molecule has 2 nitrogen and oxygen atoms in total. The van der Waals surface area contributed by atoms with Gasteiger partial charge in [-0.3, -0.25) is 0 Å². The zero-order chi connectivity index (χ0) is 8.27. The predicted molar refractivity (Wildman–Crippen MR) is 49.4 cm³/mol. The maximum absolute atomic E-state index is 8.76. The van der Waals surface area contributed by atoms with Crippen LogP contribution in [0.1, 0.15) is 20.3 Å². The minimum atomic E-state index is 0.313. The van der Waals surface area contributed by atoms with Gasteiger partial charge in [-0.1, -0.05) is 11.8 Å². The van der Waals surface area contributed by atoms with Gasteiger partial charge in [0.1, 0.15) is 6.54 Å². The third-order valence-electron chi connectivity index (χ3n) is 2.21. The fourth-order valence-electron chi connectivity index (χ4n) is 1.38.